The standard InChI is InChI=1S/C29H22N4/c1-4-12-22(13-5-1)20-32-27-19-11-10-18-26(27)30-29(32)25-21-33(24-16-8-3-9-17-24)31-28(25)23-14-6-2-7-15-23/h1-19,21H,20H2. The highest BCUT2D eigenvalue weighted by atomic mass is 15.3. The molecule has 0 radical (unpaired) electrons. The molecule has 158 valence electrons. The van der Waals surface area contributed by atoms with E-state index in [1.165, 1.54) is 5.56 Å². The van der Waals surface area contributed by atoms with E-state index in [2.05, 4.69) is 77.5 Å². The Kier molecular flexibility index (Phi) is 4.81. The molecule has 0 atom stereocenters. The highest BCUT2D eigenvalue weighted by Crippen LogP contribution is 2.34. The van der Waals surface area contributed by atoms with Crippen molar-refractivity contribution in [3.8, 4) is 28.3 Å². The third-order valence-electron chi connectivity index (χ3n) is 5.86. The summed E-state index contributed by atoms with van der Waals surface area (Å²) in [6, 6.07) is 39.4. The minimum atomic E-state index is 0.738. The van der Waals surface area contributed by atoms with E-state index in [0.717, 1.165) is 45.9 Å². The Bertz CT molecular complexity index is 1510. The molecule has 2 aromatic heterocycles. The molecule has 2 heterocycles. The largest absolute Gasteiger partial charge is 0.319 e. The molecule has 33 heavy (non-hydrogen) atoms. The van der Waals surface area contributed by atoms with Gasteiger partial charge in [-0.05, 0) is 29.8 Å². The average molecular weight is 427 g/mol. The lowest BCUT2D eigenvalue weighted by Gasteiger charge is -2.10. The van der Waals surface area contributed by atoms with Crippen LogP contribution < -0.4 is 0 Å². The second kappa shape index (κ2) is 8.24. The minimum Gasteiger partial charge on any atom is -0.319 e. The molecule has 0 aliphatic rings. The van der Waals surface area contributed by atoms with Crippen LogP contribution in [0.1, 0.15) is 5.56 Å². The predicted molar refractivity (Wildman–Crippen MR) is 133 cm³/mol. The van der Waals surface area contributed by atoms with Crippen molar-refractivity contribution < 1.29 is 0 Å². The molecular formula is C29H22N4. The Morgan fingerprint density at radius 2 is 1.27 bits per heavy atom. The lowest BCUT2D eigenvalue weighted by atomic mass is 10.1. The molecule has 0 saturated carbocycles. The third-order valence-corrected chi connectivity index (χ3v) is 5.86. The number of benzene rings is 4. The highest BCUT2D eigenvalue weighted by molar-refractivity contribution is 5.85. The number of aromatic nitrogens is 4. The van der Waals surface area contributed by atoms with Gasteiger partial charge in [-0.3, -0.25) is 0 Å². The van der Waals surface area contributed by atoms with Crippen molar-refractivity contribution in [3.05, 3.63) is 127 Å². The molecule has 4 nitrogen and oxygen atoms in total. The van der Waals surface area contributed by atoms with Crippen molar-refractivity contribution in [3.63, 3.8) is 0 Å². The van der Waals surface area contributed by atoms with Gasteiger partial charge in [-0.2, -0.15) is 5.10 Å². The summed E-state index contributed by atoms with van der Waals surface area (Å²) in [5, 5.41) is 5.01. The molecule has 6 aromatic rings. The van der Waals surface area contributed by atoms with E-state index < -0.39 is 0 Å². The van der Waals surface area contributed by atoms with E-state index in [1.807, 2.05) is 53.2 Å². The summed E-state index contributed by atoms with van der Waals surface area (Å²) in [7, 11) is 0. The number of hydrogen-bond donors (Lipinski definition) is 0. The summed E-state index contributed by atoms with van der Waals surface area (Å²) in [5.41, 5.74) is 7.35. The summed E-state index contributed by atoms with van der Waals surface area (Å²) in [4.78, 5) is 5.08. The molecule has 0 saturated heterocycles. The van der Waals surface area contributed by atoms with Crippen LogP contribution in [0.2, 0.25) is 0 Å². The lowest BCUT2D eigenvalue weighted by molar-refractivity contribution is 0.834. The third kappa shape index (κ3) is 3.62. The topological polar surface area (TPSA) is 35.6 Å². The van der Waals surface area contributed by atoms with E-state index >= 15 is 0 Å². The number of hydrogen-bond acceptors (Lipinski definition) is 2. The van der Waals surface area contributed by atoms with E-state index in [0.29, 0.717) is 0 Å². The first-order valence-corrected chi connectivity index (χ1v) is 11.1. The van der Waals surface area contributed by atoms with Gasteiger partial charge in [0.25, 0.3) is 0 Å². The Balaban J connectivity index is 1.59. The van der Waals surface area contributed by atoms with Gasteiger partial charge in [0, 0.05) is 18.3 Å². The van der Waals surface area contributed by atoms with Crippen molar-refractivity contribution in [1.82, 2.24) is 19.3 Å². The van der Waals surface area contributed by atoms with Gasteiger partial charge in [0.05, 0.1) is 22.3 Å². The number of imidazole rings is 1. The fourth-order valence-electron chi connectivity index (χ4n) is 4.27. The minimum absolute atomic E-state index is 0.738. The maximum absolute atomic E-state index is 5.08. The summed E-state index contributed by atoms with van der Waals surface area (Å²) in [5.74, 6) is 0.918. The van der Waals surface area contributed by atoms with Gasteiger partial charge >= 0.3 is 0 Å². The molecule has 0 fully saturated rings. The predicted octanol–water partition coefficient (Wildman–Crippen LogP) is 6.60. The molecule has 0 amide bonds. The smallest absolute Gasteiger partial charge is 0.145 e. The van der Waals surface area contributed by atoms with Crippen LogP contribution in [0.15, 0.2) is 121 Å². The van der Waals surface area contributed by atoms with Crippen LogP contribution in [0.5, 0.6) is 0 Å². The second-order valence-corrected chi connectivity index (χ2v) is 8.03. The zero-order valence-corrected chi connectivity index (χ0v) is 18.0. The number of rotatable bonds is 5. The van der Waals surface area contributed by atoms with Crippen molar-refractivity contribution in [2.75, 3.05) is 0 Å². The monoisotopic (exact) mass is 426 g/mol. The van der Waals surface area contributed by atoms with Crippen molar-refractivity contribution in [2.24, 2.45) is 0 Å². The Morgan fingerprint density at radius 3 is 2.03 bits per heavy atom. The van der Waals surface area contributed by atoms with Crippen LogP contribution >= 0.6 is 0 Å². The zero-order valence-electron chi connectivity index (χ0n) is 18.0. The zero-order chi connectivity index (χ0) is 22.0. The van der Waals surface area contributed by atoms with Crippen LogP contribution in [-0.4, -0.2) is 19.3 Å². The maximum atomic E-state index is 5.08. The first kappa shape index (κ1) is 19.3. The van der Waals surface area contributed by atoms with Crippen molar-refractivity contribution >= 4 is 11.0 Å². The maximum Gasteiger partial charge on any atom is 0.145 e. The lowest BCUT2D eigenvalue weighted by Crippen LogP contribution is -2.02. The molecule has 0 bridgehead atoms. The SMILES string of the molecule is c1ccc(Cn2c(-c3cn(-c4ccccc4)nc3-c3ccccc3)nc3ccccc32)cc1. The Labute approximate surface area is 192 Å². The highest BCUT2D eigenvalue weighted by Gasteiger charge is 2.20. The second-order valence-electron chi connectivity index (χ2n) is 8.03. The molecule has 0 spiro atoms. The first-order chi connectivity index (χ1) is 16.4. The molecule has 0 N–H and O–H groups in total. The number of para-hydroxylation sites is 3. The van der Waals surface area contributed by atoms with Crippen LogP contribution in [0.3, 0.4) is 0 Å². The normalized spacial score (nSPS) is 11.2. The van der Waals surface area contributed by atoms with Crippen molar-refractivity contribution in [2.45, 2.75) is 6.54 Å². The Morgan fingerprint density at radius 1 is 0.636 bits per heavy atom. The summed E-state index contributed by atoms with van der Waals surface area (Å²) >= 11 is 0. The van der Waals surface area contributed by atoms with Gasteiger partial charge in [-0.15, -0.1) is 0 Å². The quantitative estimate of drug-likeness (QED) is 0.311. The van der Waals surface area contributed by atoms with Crippen molar-refractivity contribution in [1.29, 1.82) is 0 Å². The summed E-state index contributed by atoms with van der Waals surface area (Å²) < 4.78 is 4.24. The first-order valence-electron chi connectivity index (χ1n) is 11.1. The van der Waals surface area contributed by atoms with Crippen LogP contribution in [0, 0.1) is 0 Å². The van der Waals surface area contributed by atoms with Gasteiger partial charge in [-0.25, -0.2) is 9.67 Å². The van der Waals surface area contributed by atoms with Crippen LogP contribution in [0.4, 0.5) is 0 Å². The van der Waals surface area contributed by atoms with Gasteiger partial charge in [0.15, 0.2) is 0 Å². The molecule has 6 rings (SSSR count). The fourth-order valence-corrected chi connectivity index (χ4v) is 4.27. The number of fused-ring (bicyclic) bond motifs is 1. The molecule has 0 aliphatic carbocycles. The van der Waals surface area contributed by atoms with E-state index in [-0.39, 0.29) is 0 Å². The van der Waals surface area contributed by atoms with Crippen LogP contribution in [-0.2, 0) is 6.54 Å². The Hall–Kier alpha value is -4.44. The molecule has 0 aliphatic heterocycles. The molecule has 4 heteroatoms. The van der Waals surface area contributed by atoms with E-state index in [9.17, 15) is 0 Å². The molecule has 4 aromatic carbocycles. The average Bonchev–Trinajstić information content (AvgIpc) is 3.48. The summed E-state index contributed by atoms with van der Waals surface area (Å²) in [6.45, 7) is 0.738. The summed E-state index contributed by atoms with van der Waals surface area (Å²) in [6.07, 6.45) is 2.10. The molecule has 0 unspecified atom stereocenters. The van der Waals surface area contributed by atoms with Gasteiger partial charge in [0.2, 0.25) is 0 Å². The van der Waals surface area contributed by atoms with Gasteiger partial charge in [-0.1, -0.05) is 91.0 Å². The fraction of sp³-hybridized carbons (Fsp3) is 0.0345. The van der Waals surface area contributed by atoms with E-state index in [4.69, 9.17) is 10.1 Å². The van der Waals surface area contributed by atoms with Crippen LogP contribution in [0.25, 0.3) is 39.4 Å². The van der Waals surface area contributed by atoms with Gasteiger partial charge in [0.1, 0.15) is 11.5 Å². The number of nitrogens with zero attached hydrogens (tertiary/aromatic N) is 4. The van der Waals surface area contributed by atoms with Gasteiger partial charge < -0.3 is 4.57 Å². The van der Waals surface area contributed by atoms with E-state index in [1.54, 1.807) is 0 Å². The molecular weight excluding hydrogens is 404 g/mol.